The van der Waals surface area contributed by atoms with E-state index in [0.29, 0.717) is 41.7 Å². The molecule has 4 N–H and O–H groups in total. The Morgan fingerprint density at radius 1 is 1.23 bits per heavy atom. The first-order valence-electron chi connectivity index (χ1n) is 9.62. The Balaban J connectivity index is 1.68. The highest BCUT2D eigenvalue weighted by Crippen LogP contribution is 2.35. The molecular formula is C21H19F4N5O. The van der Waals surface area contributed by atoms with Crippen molar-refractivity contribution in [1.29, 1.82) is 0 Å². The van der Waals surface area contributed by atoms with E-state index in [-0.39, 0.29) is 17.5 Å². The van der Waals surface area contributed by atoms with Crippen molar-refractivity contribution in [2.75, 3.05) is 18.4 Å². The number of nitrogens with one attached hydrogen (secondary N) is 2. The van der Waals surface area contributed by atoms with E-state index in [1.54, 1.807) is 18.3 Å². The monoisotopic (exact) mass is 433 g/mol. The van der Waals surface area contributed by atoms with E-state index in [4.69, 9.17) is 5.73 Å². The first-order chi connectivity index (χ1) is 14.8. The summed E-state index contributed by atoms with van der Waals surface area (Å²) in [5.74, 6) is -2.13. The fourth-order valence-corrected chi connectivity index (χ4v) is 4.00. The minimum atomic E-state index is -4.74. The van der Waals surface area contributed by atoms with Gasteiger partial charge in [0.05, 0.1) is 16.6 Å². The molecule has 1 aromatic heterocycles. The van der Waals surface area contributed by atoms with Crippen LogP contribution in [0.1, 0.15) is 33.8 Å². The molecule has 0 bridgehead atoms. The van der Waals surface area contributed by atoms with Gasteiger partial charge in [-0.2, -0.15) is 13.2 Å². The van der Waals surface area contributed by atoms with Gasteiger partial charge in [-0.25, -0.2) is 14.4 Å². The van der Waals surface area contributed by atoms with Crippen molar-refractivity contribution in [3.8, 4) is 0 Å². The second-order valence-corrected chi connectivity index (χ2v) is 7.40. The van der Waals surface area contributed by atoms with Gasteiger partial charge >= 0.3 is 6.18 Å². The number of hydrogen-bond donors (Lipinski definition) is 3. The van der Waals surface area contributed by atoms with Crippen molar-refractivity contribution in [3.63, 3.8) is 0 Å². The second-order valence-electron chi connectivity index (χ2n) is 7.40. The first kappa shape index (κ1) is 21.0. The van der Waals surface area contributed by atoms with Crippen molar-refractivity contribution in [1.82, 2.24) is 15.3 Å². The molecule has 1 saturated heterocycles. The van der Waals surface area contributed by atoms with Gasteiger partial charge in [0.1, 0.15) is 12.1 Å². The molecule has 2 atom stereocenters. The van der Waals surface area contributed by atoms with Gasteiger partial charge in [-0.3, -0.25) is 4.79 Å². The topological polar surface area (TPSA) is 92.9 Å². The number of piperidine rings is 1. The lowest BCUT2D eigenvalue weighted by atomic mass is 9.85. The van der Waals surface area contributed by atoms with Crippen molar-refractivity contribution < 1.29 is 22.4 Å². The molecule has 0 aliphatic carbocycles. The van der Waals surface area contributed by atoms with Crippen molar-refractivity contribution in [3.05, 3.63) is 65.4 Å². The lowest BCUT2D eigenvalue weighted by Crippen LogP contribution is -2.44. The van der Waals surface area contributed by atoms with Gasteiger partial charge in [-0.15, -0.1) is 0 Å². The summed E-state index contributed by atoms with van der Waals surface area (Å²) in [6.07, 6.45) is -1.26. The number of carbonyl (C=O) groups is 1. The highest BCUT2D eigenvalue weighted by atomic mass is 19.4. The number of primary amides is 1. The van der Waals surface area contributed by atoms with Gasteiger partial charge in [-0.05, 0) is 42.8 Å². The van der Waals surface area contributed by atoms with Crippen LogP contribution in [0, 0.1) is 5.82 Å². The predicted octanol–water partition coefficient (Wildman–Crippen LogP) is 3.44. The summed E-state index contributed by atoms with van der Waals surface area (Å²) >= 11 is 0. The zero-order valence-corrected chi connectivity index (χ0v) is 16.2. The third-order valence-corrected chi connectivity index (χ3v) is 5.49. The molecule has 10 heteroatoms. The van der Waals surface area contributed by atoms with Crippen LogP contribution in [0.25, 0.3) is 10.9 Å². The van der Waals surface area contributed by atoms with Crippen LogP contribution in [0.4, 0.5) is 23.2 Å². The van der Waals surface area contributed by atoms with Gasteiger partial charge in [0.15, 0.2) is 0 Å². The Hall–Kier alpha value is -3.27. The maximum atomic E-state index is 14.2. The minimum absolute atomic E-state index is 0.228. The Kier molecular flexibility index (Phi) is 5.48. The number of hydrogen-bond acceptors (Lipinski definition) is 5. The third kappa shape index (κ3) is 4.15. The Labute approximate surface area is 174 Å². The van der Waals surface area contributed by atoms with E-state index in [0.717, 1.165) is 12.1 Å². The van der Waals surface area contributed by atoms with Crippen LogP contribution in [-0.2, 0) is 6.18 Å². The number of aromatic nitrogens is 2. The van der Waals surface area contributed by atoms with Crippen LogP contribution in [0.5, 0.6) is 0 Å². The van der Waals surface area contributed by atoms with E-state index in [2.05, 4.69) is 20.6 Å². The van der Waals surface area contributed by atoms with Crippen LogP contribution in [-0.4, -0.2) is 35.0 Å². The smallest absolute Gasteiger partial charge is 0.380 e. The van der Waals surface area contributed by atoms with Gasteiger partial charge in [-0.1, -0.05) is 6.07 Å². The lowest BCUT2D eigenvalue weighted by molar-refractivity contribution is -0.140. The quantitative estimate of drug-likeness (QED) is 0.548. The molecular weight excluding hydrogens is 414 g/mol. The Morgan fingerprint density at radius 3 is 2.74 bits per heavy atom. The summed E-state index contributed by atoms with van der Waals surface area (Å²) in [4.78, 5) is 19.9. The number of halogens is 4. The number of fused-ring (bicyclic) bond motifs is 1. The van der Waals surface area contributed by atoms with Crippen molar-refractivity contribution in [2.24, 2.45) is 5.73 Å². The van der Waals surface area contributed by atoms with Gasteiger partial charge in [0.2, 0.25) is 0 Å². The van der Waals surface area contributed by atoms with E-state index in [1.807, 2.05) is 0 Å². The molecule has 0 saturated carbocycles. The van der Waals surface area contributed by atoms with Crippen molar-refractivity contribution >= 4 is 22.5 Å². The summed E-state index contributed by atoms with van der Waals surface area (Å²) in [5, 5.41) is 7.19. The van der Waals surface area contributed by atoms with Gasteiger partial charge < -0.3 is 16.4 Å². The standard InChI is InChI=1S/C21H19F4N5O/c22-16-7-11(1-3-15(16)21(23,24)25)12-5-6-27-9-18(12)30-17-4-2-13(20(26)31)19-14(17)8-28-10-29-19/h1-4,7-8,10,12,18,27,30H,5-6,9H2,(H2,26,31)/t12-,18+/m1/s1. The van der Waals surface area contributed by atoms with Crippen molar-refractivity contribution in [2.45, 2.75) is 24.6 Å². The largest absolute Gasteiger partial charge is 0.419 e. The zero-order valence-electron chi connectivity index (χ0n) is 16.2. The molecule has 2 heterocycles. The molecule has 2 aromatic carbocycles. The number of rotatable bonds is 4. The van der Waals surface area contributed by atoms with E-state index < -0.39 is 23.5 Å². The lowest BCUT2D eigenvalue weighted by Gasteiger charge is -2.34. The number of amides is 1. The third-order valence-electron chi connectivity index (χ3n) is 5.49. The number of alkyl halides is 3. The first-order valence-corrected chi connectivity index (χ1v) is 9.62. The van der Waals surface area contributed by atoms with E-state index in [1.165, 1.54) is 12.4 Å². The number of benzene rings is 2. The van der Waals surface area contributed by atoms with E-state index in [9.17, 15) is 22.4 Å². The number of nitrogens with zero attached hydrogens (tertiary/aromatic N) is 2. The molecule has 1 fully saturated rings. The molecule has 0 spiro atoms. The number of nitrogens with two attached hydrogens (primary N) is 1. The number of carbonyl (C=O) groups excluding carboxylic acids is 1. The summed E-state index contributed by atoms with van der Waals surface area (Å²) < 4.78 is 52.9. The maximum absolute atomic E-state index is 14.2. The van der Waals surface area contributed by atoms with Crippen LogP contribution in [0.2, 0.25) is 0 Å². The van der Waals surface area contributed by atoms with Gasteiger partial charge in [0.25, 0.3) is 5.91 Å². The molecule has 1 amide bonds. The fraction of sp³-hybridized carbons (Fsp3) is 0.286. The maximum Gasteiger partial charge on any atom is 0.419 e. The average Bonchev–Trinajstić information content (AvgIpc) is 2.73. The Morgan fingerprint density at radius 2 is 2.03 bits per heavy atom. The average molecular weight is 433 g/mol. The molecule has 3 aromatic rings. The van der Waals surface area contributed by atoms with E-state index >= 15 is 0 Å². The molecule has 1 aliphatic rings. The summed E-state index contributed by atoms with van der Waals surface area (Å²) in [6, 6.07) is 6.08. The normalized spacial score (nSPS) is 19.4. The highest BCUT2D eigenvalue weighted by molar-refractivity contribution is 6.07. The SMILES string of the molecule is NC(=O)c1ccc(N[C@H]2CNCC[C@@H]2c2ccc(C(F)(F)F)c(F)c2)c2cncnc12. The molecule has 0 unspecified atom stereocenters. The van der Waals surface area contributed by atoms with Crippen LogP contribution in [0.15, 0.2) is 42.9 Å². The summed E-state index contributed by atoms with van der Waals surface area (Å²) in [7, 11) is 0. The van der Waals surface area contributed by atoms with Gasteiger partial charge in [0, 0.05) is 35.8 Å². The van der Waals surface area contributed by atoms with Crippen LogP contribution < -0.4 is 16.4 Å². The fourth-order valence-electron chi connectivity index (χ4n) is 4.00. The predicted molar refractivity (Wildman–Crippen MR) is 107 cm³/mol. The minimum Gasteiger partial charge on any atom is -0.380 e. The zero-order chi connectivity index (χ0) is 22.2. The molecule has 162 valence electrons. The summed E-state index contributed by atoms with van der Waals surface area (Å²) in [6.45, 7) is 1.16. The molecule has 0 radical (unpaired) electrons. The summed E-state index contributed by atoms with van der Waals surface area (Å²) in [5.41, 5.74) is 5.93. The number of anilines is 1. The van der Waals surface area contributed by atoms with Crippen LogP contribution >= 0.6 is 0 Å². The molecule has 6 nitrogen and oxygen atoms in total. The highest BCUT2D eigenvalue weighted by Gasteiger charge is 2.35. The second kappa shape index (κ2) is 8.10. The Bertz CT molecular complexity index is 1130. The molecule has 1 aliphatic heterocycles. The molecule has 31 heavy (non-hydrogen) atoms. The van der Waals surface area contributed by atoms with Crippen LogP contribution in [0.3, 0.4) is 0 Å². The molecule has 4 rings (SSSR count).